The molecule has 2 aliphatic heterocycles. The maximum Gasteiger partial charge on any atom is 0.355 e. The minimum absolute atomic E-state index is 0. The summed E-state index contributed by atoms with van der Waals surface area (Å²) in [5.74, 6) is -1.17. The summed E-state index contributed by atoms with van der Waals surface area (Å²) in [4.78, 5) is 43.0. The zero-order chi connectivity index (χ0) is 21.0. The van der Waals surface area contributed by atoms with Crippen molar-refractivity contribution in [3.05, 3.63) is 63.4 Å². The van der Waals surface area contributed by atoms with Crippen LogP contribution in [0.1, 0.15) is 43.4 Å². The predicted octanol–water partition coefficient (Wildman–Crippen LogP) is 0.566. The molecular formula is C23H26N2O8. The first kappa shape index (κ1) is 25.7. The average Bonchev–Trinajstić information content (AvgIpc) is 3.12. The largest absolute Gasteiger partial charge is 0.457 e. The Morgan fingerprint density at radius 3 is 2.58 bits per heavy atom. The molecule has 0 amide bonds. The number of nitrogens with zero attached hydrogens (tertiary/aromatic N) is 2. The topological polar surface area (TPSA) is 182 Å². The molecule has 0 spiro atoms. The van der Waals surface area contributed by atoms with E-state index >= 15 is 0 Å². The molecule has 0 saturated heterocycles. The Hall–Kier alpha value is -3.60. The van der Waals surface area contributed by atoms with Gasteiger partial charge in [-0.2, -0.15) is 0 Å². The van der Waals surface area contributed by atoms with Gasteiger partial charge < -0.3 is 30.5 Å². The van der Waals surface area contributed by atoms with Gasteiger partial charge in [0.2, 0.25) is 5.60 Å². The Balaban J connectivity index is 0.00000128. The molecule has 0 unspecified atom stereocenters. The molecular weight excluding hydrogens is 432 g/mol. The van der Waals surface area contributed by atoms with Crippen LogP contribution in [0.5, 0.6) is 0 Å². The van der Waals surface area contributed by atoms with Gasteiger partial charge in [0, 0.05) is 22.9 Å². The standard InChI is InChI=1S/C23H20N2O5.3H2O/c1-3-19(26)30-23(4-2)16-10-18-20-14(9-13-7-5-6-8-17(13)24-20)11-25(18)21(27)15(16)12-29-22(23)28;;;/h5-10H,3-4,11-12H2,1-2H3;3*1H2/t23-;;;/m0.../s1. The number of esters is 2. The molecule has 4 heterocycles. The summed E-state index contributed by atoms with van der Waals surface area (Å²) in [6.07, 6.45) is 0.288. The molecule has 0 bridgehead atoms. The fourth-order valence-electron chi connectivity index (χ4n) is 4.35. The lowest BCUT2D eigenvalue weighted by Crippen LogP contribution is -2.47. The monoisotopic (exact) mass is 458 g/mol. The summed E-state index contributed by atoms with van der Waals surface area (Å²) in [6.45, 7) is 3.66. The lowest BCUT2D eigenvalue weighted by Gasteiger charge is -2.35. The number of benzene rings is 1. The van der Waals surface area contributed by atoms with Gasteiger partial charge in [0.25, 0.3) is 5.56 Å². The van der Waals surface area contributed by atoms with Crippen LogP contribution in [0.15, 0.2) is 41.2 Å². The molecule has 1 aromatic carbocycles. The Kier molecular flexibility index (Phi) is 7.08. The number of cyclic esters (lactones) is 1. The van der Waals surface area contributed by atoms with Gasteiger partial charge in [0.05, 0.1) is 29.0 Å². The highest BCUT2D eigenvalue weighted by atomic mass is 16.6. The zero-order valence-electron chi connectivity index (χ0n) is 18.2. The average molecular weight is 458 g/mol. The normalized spacial score (nSPS) is 17.3. The molecule has 0 radical (unpaired) electrons. The number of fused-ring (bicyclic) bond motifs is 5. The van der Waals surface area contributed by atoms with Crippen molar-refractivity contribution in [2.45, 2.75) is 45.4 Å². The third kappa shape index (κ3) is 3.58. The molecule has 33 heavy (non-hydrogen) atoms. The van der Waals surface area contributed by atoms with E-state index in [2.05, 4.69) is 0 Å². The molecule has 2 aliphatic rings. The van der Waals surface area contributed by atoms with Gasteiger partial charge in [-0.3, -0.25) is 9.59 Å². The summed E-state index contributed by atoms with van der Waals surface area (Å²) < 4.78 is 12.5. The van der Waals surface area contributed by atoms with E-state index in [1.165, 1.54) is 0 Å². The van der Waals surface area contributed by atoms with Gasteiger partial charge in [0.15, 0.2) is 0 Å². The molecule has 0 saturated carbocycles. The fraction of sp³-hybridized carbons (Fsp3) is 0.304. The summed E-state index contributed by atoms with van der Waals surface area (Å²) in [5.41, 5.74) is 1.99. The minimum atomic E-state index is -1.62. The Morgan fingerprint density at radius 2 is 1.88 bits per heavy atom. The molecule has 0 aliphatic carbocycles. The van der Waals surface area contributed by atoms with Gasteiger partial charge in [0.1, 0.15) is 6.61 Å². The van der Waals surface area contributed by atoms with Gasteiger partial charge in [-0.25, -0.2) is 9.78 Å². The van der Waals surface area contributed by atoms with Crippen LogP contribution < -0.4 is 5.56 Å². The summed E-state index contributed by atoms with van der Waals surface area (Å²) >= 11 is 0. The lowest BCUT2D eigenvalue weighted by molar-refractivity contribution is -0.189. The van der Waals surface area contributed by atoms with E-state index in [0.29, 0.717) is 29.1 Å². The maximum absolute atomic E-state index is 13.3. The molecule has 1 atom stereocenters. The van der Waals surface area contributed by atoms with Crippen molar-refractivity contribution in [1.82, 2.24) is 9.55 Å². The van der Waals surface area contributed by atoms with Crippen LogP contribution in [-0.4, -0.2) is 37.9 Å². The summed E-state index contributed by atoms with van der Waals surface area (Å²) in [7, 11) is 0. The van der Waals surface area contributed by atoms with Crippen molar-refractivity contribution >= 4 is 22.8 Å². The van der Waals surface area contributed by atoms with Crippen LogP contribution in [0.25, 0.3) is 22.3 Å². The number of ether oxygens (including phenoxy) is 2. The zero-order valence-corrected chi connectivity index (χ0v) is 18.2. The third-order valence-corrected chi connectivity index (χ3v) is 5.96. The predicted molar refractivity (Wildman–Crippen MR) is 120 cm³/mol. The van der Waals surface area contributed by atoms with E-state index in [1.807, 2.05) is 30.3 Å². The molecule has 10 heteroatoms. The Bertz CT molecular complexity index is 1300. The van der Waals surface area contributed by atoms with E-state index in [0.717, 1.165) is 16.5 Å². The van der Waals surface area contributed by atoms with E-state index in [1.54, 1.807) is 24.5 Å². The van der Waals surface area contributed by atoms with Gasteiger partial charge in [-0.1, -0.05) is 32.0 Å². The van der Waals surface area contributed by atoms with Crippen LogP contribution >= 0.6 is 0 Å². The summed E-state index contributed by atoms with van der Waals surface area (Å²) in [6, 6.07) is 11.6. The van der Waals surface area contributed by atoms with Crippen molar-refractivity contribution in [1.29, 1.82) is 0 Å². The molecule has 3 aromatic rings. The number of aromatic nitrogens is 2. The van der Waals surface area contributed by atoms with Crippen LogP contribution in [0.3, 0.4) is 0 Å². The van der Waals surface area contributed by atoms with Gasteiger partial charge in [-0.05, 0) is 24.6 Å². The van der Waals surface area contributed by atoms with Crippen molar-refractivity contribution in [3.63, 3.8) is 0 Å². The quantitative estimate of drug-likeness (QED) is 0.404. The van der Waals surface area contributed by atoms with Gasteiger partial charge >= 0.3 is 11.9 Å². The number of para-hydroxylation sites is 1. The Morgan fingerprint density at radius 1 is 1.15 bits per heavy atom. The molecule has 10 nitrogen and oxygen atoms in total. The van der Waals surface area contributed by atoms with Crippen LogP contribution in [0.4, 0.5) is 0 Å². The molecule has 5 rings (SSSR count). The fourth-order valence-corrected chi connectivity index (χ4v) is 4.35. The van der Waals surface area contributed by atoms with E-state index in [9.17, 15) is 14.4 Å². The van der Waals surface area contributed by atoms with Crippen molar-refractivity contribution in [3.8, 4) is 11.4 Å². The van der Waals surface area contributed by atoms with Crippen LogP contribution in [-0.2, 0) is 37.8 Å². The number of carbonyl (C=O) groups excluding carboxylic acids is 2. The molecule has 2 aromatic heterocycles. The van der Waals surface area contributed by atoms with Crippen molar-refractivity contribution in [2.24, 2.45) is 0 Å². The minimum Gasteiger partial charge on any atom is -0.457 e. The van der Waals surface area contributed by atoms with E-state index in [-0.39, 0.29) is 41.4 Å². The van der Waals surface area contributed by atoms with Crippen molar-refractivity contribution in [2.75, 3.05) is 0 Å². The van der Waals surface area contributed by atoms with E-state index in [4.69, 9.17) is 14.5 Å². The van der Waals surface area contributed by atoms with E-state index < -0.39 is 17.5 Å². The van der Waals surface area contributed by atoms with Gasteiger partial charge in [-0.15, -0.1) is 0 Å². The summed E-state index contributed by atoms with van der Waals surface area (Å²) in [5, 5.41) is 1.00. The number of pyridine rings is 2. The first-order chi connectivity index (χ1) is 14.5. The smallest absolute Gasteiger partial charge is 0.355 e. The number of carbonyl (C=O) groups is 2. The second kappa shape index (κ2) is 9.10. The number of hydrogen-bond acceptors (Lipinski definition) is 6. The maximum atomic E-state index is 13.3. The highest BCUT2D eigenvalue weighted by molar-refractivity contribution is 5.88. The molecule has 0 fully saturated rings. The van der Waals surface area contributed by atoms with Crippen LogP contribution in [0, 0.1) is 0 Å². The number of hydrogen-bond donors (Lipinski definition) is 0. The second-order valence-electron chi connectivity index (χ2n) is 7.59. The molecule has 6 N–H and O–H groups in total. The molecule has 176 valence electrons. The highest BCUT2D eigenvalue weighted by Gasteiger charge is 2.50. The lowest BCUT2D eigenvalue weighted by atomic mass is 9.85. The SMILES string of the molecule is CCC(=O)O[C@]1(CC)C(=O)OCc2c1cc1n(c2=O)Cc2cc3ccccc3nc2-1.O.O.O. The highest BCUT2D eigenvalue weighted by Crippen LogP contribution is 2.41. The Labute approximate surface area is 188 Å². The first-order valence-corrected chi connectivity index (χ1v) is 10.0. The second-order valence-corrected chi connectivity index (χ2v) is 7.59. The number of rotatable bonds is 3. The van der Waals surface area contributed by atoms with Crippen LogP contribution in [0.2, 0.25) is 0 Å². The third-order valence-electron chi connectivity index (χ3n) is 5.96. The first-order valence-electron chi connectivity index (χ1n) is 10.0. The van der Waals surface area contributed by atoms with Crippen molar-refractivity contribution < 1.29 is 35.5 Å².